The summed E-state index contributed by atoms with van der Waals surface area (Å²) in [5, 5.41) is 9.06. The van der Waals surface area contributed by atoms with Crippen molar-refractivity contribution in [2.75, 3.05) is 6.61 Å². The smallest absolute Gasteiger partial charge is 0.0906 e. The zero-order valence-electron chi connectivity index (χ0n) is 8.60. The summed E-state index contributed by atoms with van der Waals surface area (Å²) in [4.78, 5) is 0. The standard InChI is InChI=1S/C12H16O2/c1-12(2)10(8-13)14-11(12)9-6-4-3-5-7-9/h3-7,10-11,13H,8H2,1-2H3. The lowest BCUT2D eigenvalue weighted by atomic mass is 9.72. The first-order valence-electron chi connectivity index (χ1n) is 4.97. The minimum Gasteiger partial charge on any atom is -0.394 e. The molecule has 0 radical (unpaired) electrons. The summed E-state index contributed by atoms with van der Waals surface area (Å²) in [6.07, 6.45) is 0.105. The molecule has 0 saturated carbocycles. The lowest BCUT2D eigenvalue weighted by Gasteiger charge is -2.51. The van der Waals surface area contributed by atoms with Crippen molar-refractivity contribution < 1.29 is 9.84 Å². The van der Waals surface area contributed by atoms with Gasteiger partial charge in [0.15, 0.2) is 0 Å². The fourth-order valence-electron chi connectivity index (χ4n) is 2.03. The van der Waals surface area contributed by atoms with Crippen LogP contribution in [0.4, 0.5) is 0 Å². The van der Waals surface area contributed by atoms with E-state index in [2.05, 4.69) is 26.0 Å². The third-order valence-electron chi connectivity index (χ3n) is 3.07. The number of hydrogen-bond donors (Lipinski definition) is 1. The highest BCUT2D eigenvalue weighted by Gasteiger charge is 2.49. The van der Waals surface area contributed by atoms with Crippen molar-refractivity contribution in [2.24, 2.45) is 5.41 Å². The normalized spacial score (nSPS) is 29.6. The van der Waals surface area contributed by atoms with Gasteiger partial charge in [-0.3, -0.25) is 0 Å². The molecule has 1 saturated heterocycles. The van der Waals surface area contributed by atoms with Gasteiger partial charge < -0.3 is 9.84 Å². The first kappa shape index (κ1) is 9.69. The van der Waals surface area contributed by atoms with Gasteiger partial charge in [0.1, 0.15) is 0 Å². The van der Waals surface area contributed by atoms with Gasteiger partial charge >= 0.3 is 0 Å². The van der Waals surface area contributed by atoms with Gasteiger partial charge in [-0.25, -0.2) is 0 Å². The number of aliphatic hydroxyl groups excluding tert-OH is 1. The molecule has 1 aromatic rings. The van der Waals surface area contributed by atoms with E-state index in [1.165, 1.54) is 5.56 Å². The lowest BCUT2D eigenvalue weighted by molar-refractivity contribution is -0.250. The predicted octanol–water partition coefficient (Wildman–Crippen LogP) is 2.15. The molecule has 1 fully saturated rings. The van der Waals surface area contributed by atoms with Crippen LogP contribution < -0.4 is 0 Å². The zero-order valence-corrected chi connectivity index (χ0v) is 8.60. The maximum absolute atomic E-state index is 9.06. The molecule has 2 nitrogen and oxygen atoms in total. The first-order chi connectivity index (χ1) is 6.66. The Hall–Kier alpha value is -0.860. The number of aliphatic hydroxyl groups is 1. The van der Waals surface area contributed by atoms with Crippen molar-refractivity contribution in [3.63, 3.8) is 0 Å². The van der Waals surface area contributed by atoms with Crippen LogP contribution >= 0.6 is 0 Å². The molecule has 1 aromatic carbocycles. The summed E-state index contributed by atoms with van der Waals surface area (Å²) in [5.74, 6) is 0. The second kappa shape index (κ2) is 3.37. The molecule has 2 heteroatoms. The molecule has 2 atom stereocenters. The molecule has 1 N–H and O–H groups in total. The van der Waals surface area contributed by atoms with Gasteiger partial charge in [-0.05, 0) is 5.56 Å². The highest BCUT2D eigenvalue weighted by Crippen LogP contribution is 2.50. The minimum absolute atomic E-state index is 0.0206. The van der Waals surface area contributed by atoms with E-state index >= 15 is 0 Å². The van der Waals surface area contributed by atoms with Gasteiger partial charge in [0.2, 0.25) is 0 Å². The van der Waals surface area contributed by atoms with Gasteiger partial charge in [0.25, 0.3) is 0 Å². The Balaban J connectivity index is 2.17. The van der Waals surface area contributed by atoms with Crippen LogP contribution in [0.25, 0.3) is 0 Å². The van der Waals surface area contributed by atoms with E-state index in [0.717, 1.165) is 0 Å². The molecule has 1 aliphatic heterocycles. The van der Waals surface area contributed by atoms with Crippen LogP contribution in [-0.4, -0.2) is 17.8 Å². The maximum atomic E-state index is 9.06. The average Bonchev–Trinajstić information content (AvgIpc) is 2.18. The summed E-state index contributed by atoms with van der Waals surface area (Å²) >= 11 is 0. The quantitative estimate of drug-likeness (QED) is 0.778. The van der Waals surface area contributed by atoms with Crippen LogP contribution in [0.1, 0.15) is 25.5 Å². The van der Waals surface area contributed by atoms with E-state index < -0.39 is 0 Å². The van der Waals surface area contributed by atoms with Crippen LogP contribution in [0.2, 0.25) is 0 Å². The second-order valence-electron chi connectivity index (χ2n) is 4.42. The highest BCUT2D eigenvalue weighted by atomic mass is 16.5. The van der Waals surface area contributed by atoms with E-state index in [9.17, 15) is 0 Å². The summed E-state index contributed by atoms with van der Waals surface area (Å²) in [6.45, 7) is 4.38. The Bertz CT molecular complexity index is 305. The molecule has 0 spiro atoms. The number of rotatable bonds is 2. The molecule has 0 bridgehead atoms. The van der Waals surface area contributed by atoms with Crippen molar-refractivity contribution in [3.05, 3.63) is 35.9 Å². The van der Waals surface area contributed by atoms with Gasteiger partial charge in [-0.15, -0.1) is 0 Å². The third-order valence-corrected chi connectivity index (χ3v) is 3.07. The molecule has 76 valence electrons. The van der Waals surface area contributed by atoms with Crippen LogP contribution in [0.3, 0.4) is 0 Å². The zero-order chi connectivity index (χ0) is 10.2. The fraction of sp³-hybridized carbons (Fsp3) is 0.500. The minimum atomic E-state index is -0.0206. The highest BCUT2D eigenvalue weighted by molar-refractivity contribution is 5.22. The molecule has 0 amide bonds. The predicted molar refractivity (Wildman–Crippen MR) is 54.9 cm³/mol. The van der Waals surface area contributed by atoms with E-state index in [1.54, 1.807) is 0 Å². The Morgan fingerprint density at radius 3 is 2.43 bits per heavy atom. The molecule has 0 aromatic heterocycles. The monoisotopic (exact) mass is 192 g/mol. The van der Waals surface area contributed by atoms with E-state index in [-0.39, 0.29) is 24.2 Å². The van der Waals surface area contributed by atoms with E-state index in [1.807, 2.05) is 18.2 Å². The van der Waals surface area contributed by atoms with Crippen molar-refractivity contribution in [1.82, 2.24) is 0 Å². The third kappa shape index (κ3) is 1.35. The van der Waals surface area contributed by atoms with E-state index in [0.29, 0.717) is 0 Å². The largest absolute Gasteiger partial charge is 0.394 e. The van der Waals surface area contributed by atoms with Crippen molar-refractivity contribution in [3.8, 4) is 0 Å². The molecule has 1 heterocycles. The summed E-state index contributed by atoms with van der Waals surface area (Å²) in [6, 6.07) is 10.2. The average molecular weight is 192 g/mol. The van der Waals surface area contributed by atoms with Crippen LogP contribution in [-0.2, 0) is 4.74 Å². The summed E-state index contributed by atoms with van der Waals surface area (Å²) < 4.78 is 5.64. The Labute approximate surface area is 84.5 Å². The molecule has 2 rings (SSSR count). The summed E-state index contributed by atoms with van der Waals surface area (Å²) in [5.41, 5.74) is 1.23. The van der Waals surface area contributed by atoms with Crippen LogP contribution in [0.5, 0.6) is 0 Å². The second-order valence-corrected chi connectivity index (χ2v) is 4.42. The molecular formula is C12H16O2. The van der Waals surface area contributed by atoms with Gasteiger partial charge in [-0.2, -0.15) is 0 Å². The SMILES string of the molecule is CC1(C)C(CO)OC1c1ccccc1. The summed E-state index contributed by atoms with van der Waals surface area (Å²) in [7, 11) is 0. The van der Waals surface area contributed by atoms with Crippen LogP contribution in [0.15, 0.2) is 30.3 Å². The number of ether oxygens (including phenoxy) is 1. The van der Waals surface area contributed by atoms with Gasteiger partial charge in [0.05, 0.1) is 18.8 Å². The number of hydrogen-bond acceptors (Lipinski definition) is 2. The Morgan fingerprint density at radius 2 is 1.93 bits per heavy atom. The van der Waals surface area contributed by atoms with Crippen molar-refractivity contribution in [1.29, 1.82) is 0 Å². The lowest BCUT2D eigenvalue weighted by Crippen LogP contribution is -2.52. The Morgan fingerprint density at radius 1 is 1.29 bits per heavy atom. The number of benzene rings is 1. The van der Waals surface area contributed by atoms with Gasteiger partial charge in [0, 0.05) is 5.41 Å². The molecule has 14 heavy (non-hydrogen) atoms. The molecule has 0 aliphatic carbocycles. The topological polar surface area (TPSA) is 29.5 Å². The van der Waals surface area contributed by atoms with E-state index in [4.69, 9.17) is 9.84 Å². The molecule has 2 unspecified atom stereocenters. The van der Waals surface area contributed by atoms with Crippen molar-refractivity contribution >= 4 is 0 Å². The molecule has 1 aliphatic rings. The molecular weight excluding hydrogens is 176 g/mol. The maximum Gasteiger partial charge on any atom is 0.0906 e. The van der Waals surface area contributed by atoms with Crippen LogP contribution in [0, 0.1) is 5.41 Å². The fourth-order valence-corrected chi connectivity index (χ4v) is 2.03. The van der Waals surface area contributed by atoms with Crippen molar-refractivity contribution in [2.45, 2.75) is 26.1 Å². The van der Waals surface area contributed by atoms with Gasteiger partial charge in [-0.1, -0.05) is 44.2 Å². The Kier molecular flexibility index (Phi) is 2.33. The first-order valence-corrected chi connectivity index (χ1v) is 4.97.